The van der Waals surface area contributed by atoms with Crippen LogP contribution in [0.25, 0.3) is 10.6 Å². The molecule has 136 valence electrons. The van der Waals surface area contributed by atoms with Crippen molar-refractivity contribution in [3.8, 4) is 16.4 Å². The largest absolute Gasteiger partial charge is 0.492 e. The molecule has 1 amide bonds. The average Bonchev–Trinajstić information content (AvgIpc) is 3.43. The Morgan fingerprint density at radius 1 is 1.22 bits per heavy atom. The molecule has 1 N–H and O–H groups in total. The smallest absolute Gasteiger partial charge is 0.277 e. The number of amides is 1. The summed E-state index contributed by atoms with van der Waals surface area (Å²) in [6.45, 7) is 1.13. The molecule has 0 saturated carbocycles. The first-order valence-electron chi connectivity index (χ1n) is 8.30. The molecule has 4 aromatic rings. The van der Waals surface area contributed by atoms with E-state index in [1.165, 1.54) is 11.3 Å². The highest BCUT2D eigenvalue weighted by atomic mass is 32.1. The Kier molecular flexibility index (Phi) is 4.97. The molecule has 0 aliphatic rings. The Hall–Kier alpha value is -3.39. The third kappa shape index (κ3) is 4.24. The number of anilines is 1. The Bertz CT molecular complexity index is 1010. The molecule has 3 heterocycles. The van der Waals surface area contributed by atoms with Crippen molar-refractivity contribution in [3.05, 3.63) is 72.0 Å². The number of aromatic nitrogens is 3. The van der Waals surface area contributed by atoms with Crippen molar-refractivity contribution in [3.63, 3.8) is 0 Å². The maximum Gasteiger partial charge on any atom is 0.277 e. The summed E-state index contributed by atoms with van der Waals surface area (Å²) in [5.74, 6) is 0.903. The van der Waals surface area contributed by atoms with E-state index in [1.54, 1.807) is 29.1 Å². The van der Waals surface area contributed by atoms with E-state index in [0.717, 1.165) is 4.88 Å². The lowest BCUT2D eigenvalue weighted by Crippen LogP contribution is -2.12. The van der Waals surface area contributed by atoms with Crippen LogP contribution < -0.4 is 10.1 Å². The van der Waals surface area contributed by atoms with Gasteiger partial charge in [-0.25, -0.2) is 0 Å². The van der Waals surface area contributed by atoms with Crippen molar-refractivity contribution in [2.75, 3.05) is 11.9 Å². The highest BCUT2D eigenvalue weighted by Gasteiger charge is 2.14. The van der Waals surface area contributed by atoms with Crippen LogP contribution in [0.1, 0.15) is 10.5 Å². The molecule has 8 heteroatoms. The van der Waals surface area contributed by atoms with Crippen molar-refractivity contribution in [1.29, 1.82) is 0 Å². The number of nitrogens with zero attached hydrogens (tertiary/aromatic N) is 3. The summed E-state index contributed by atoms with van der Waals surface area (Å²) >= 11 is 1.53. The van der Waals surface area contributed by atoms with Crippen molar-refractivity contribution in [2.45, 2.75) is 6.54 Å². The van der Waals surface area contributed by atoms with E-state index in [0.29, 0.717) is 30.3 Å². The predicted octanol–water partition coefficient (Wildman–Crippen LogP) is 3.93. The minimum atomic E-state index is -0.338. The highest BCUT2D eigenvalue weighted by molar-refractivity contribution is 7.13. The zero-order valence-electron chi connectivity index (χ0n) is 14.2. The summed E-state index contributed by atoms with van der Waals surface area (Å²) in [4.78, 5) is 13.3. The fraction of sp³-hybridized carbons (Fsp3) is 0.105. The van der Waals surface area contributed by atoms with E-state index in [-0.39, 0.29) is 11.6 Å². The molecule has 0 unspecified atom stereocenters. The van der Waals surface area contributed by atoms with E-state index in [2.05, 4.69) is 15.6 Å². The van der Waals surface area contributed by atoms with E-state index in [4.69, 9.17) is 9.26 Å². The summed E-state index contributed by atoms with van der Waals surface area (Å²) in [5, 5.41) is 12.7. The average molecular weight is 380 g/mol. The number of rotatable bonds is 7. The Labute approximate surface area is 159 Å². The number of benzene rings is 1. The van der Waals surface area contributed by atoms with Crippen LogP contribution in [-0.2, 0) is 6.54 Å². The monoisotopic (exact) mass is 380 g/mol. The summed E-state index contributed by atoms with van der Waals surface area (Å²) in [5.41, 5.74) is 0.848. The molecule has 0 fully saturated rings. The Balaban J connectivity index is 1.36. The van der Waals surface area contributed by atoms with Gasteiger partial charge in [0.2, 0.25) is 0 Å². The summed E-state index contributed by atoms with van der Waals surface area (Å²) < 4.78 is 12.8. The number of thiophene rings is 1. The summed E-state index contributed by atoms with van der Waals surface area (Å²) in [7, 11) is 0. The third-order valence-electron chi connectivity index (χ3n) is 3.75. The lowest BCUT2D eigenvalue weighted by molar-refractivity contribution is 0.101. The molecule has 7 nitrogen and oxygen atoms in total. The lowest BCUT2D eigenvalue weighted by Gasteiger charge is -2.08. The molecular formula is C19H16N4O3S. The number of ether oxygens (including phenoxy) is 1. The number of carbonyl (C=O) groups is 1. The van der Waals surface area contributed by atoms with E-state index < -0.39 is 0 Å². The van der Waals surface area contributed by atoms with Crippen LogP contribution in [0.2, 0.25) is 0 Å². The highest BCUT2D eigenvalue weighted by Crippen LogP contribution is 2.25. The molecule has 0 spiro atoms. The summed E-state index contributed by atoms with van der Waals surface area (Å²) in [6.07, 6.45) is 3.60. The van der Waals surface area contributed by atoms with Crippen LogP contribution in [0.3, 0.4) is 0 Å². The SMILES string of the molecule is O=C(Nc1cccc(OCCn2cccn2)c1)c1cc(-c2cccs2)on1. The number of hydrogen-bond acceptors (Lipinski definition) is 6. The third-order valence-corrected chi connectivity index (χ3v) is 4.63. The second kappa shape index (κ2) is 7.88. The molecule has 4 rings (SSSR count). The number of hydrogen-bond donors (Lipinski definition) is 1. The topological polar surface area (TPSA) is 82.2 Å². The Morgan fingerprint density at radius 2 is 2.19 bits per heavy atom. The van der Waals surface area contributed by atoms with Gasteiger partial charge in [0, 0.05) is 30.2 Å². The minimum absolute atomic E-state index is 0.225. The minimum Gasteiger partial charge on any atom is -0.492 e. The van der Waals surface area contributed by atoms with Crippen molar-refractivity contribution < 1.29 is 14.1 Å². The van der Waals surface area contributed by atoms with Crippen LogP contribution in [0.15, 0.2) is 70.8 Å². The molecule has 0 radical (unpaired) electrons. The van der Waals surface area contributed by atoms with Gasteiger partial charge in [-0.2, -0.15) is 5.10 Å². The van der Waals surface area contributed by atoms with Crippen LogP contribution in [0.5, 0.6) is 5.75 Å². The number of nitrogens with one attached hydrogen (secondary N) is 1. The van der Waals surface area contributed by atoms with Crippen molar-refractivity contribution >= 4 is 22.9 Å². The first kappa shape index (κ1) is 17.0. The van der Waals surface area contributed by atoms with E-state index in [9.17, 15) is 4.79 Å². The fourth-order valence-corrected chi connectivity index (χ4v) is 3.14. The van der Waals surface area contributed by atoms with Gasteiger partial charge in [0.25, 0.3) is 5.91 Å². The first-order chi connectivity index (χ1) is 13.3. The van der Waals surface area contributed by atoms with Crippen LogP contribution in [-0.4, -0.2) is 27.5 Å². The normalized spacial score (nSPS) is 10.7. The standard InChI is InChI=1S/C19H16N4O3S/c24-19(16-13-17(26-22-16)18-6-2-11-27-18)21-14-4-1-5-15(12-14)25-10-9-23-8-3-7-20-23/h1-8,11-13H,9-10H2,(H,21,24). The zero-order chi connectivity index (χ0) is 18.5. The molecule has 3 aromatic heterocycles. The molecule has 0 aliphatic carbocycles. The van der Waals surface area contributed by atoms with Gasteiger partial charge in [0.05, 0.1) is 11.4 Å². The Morgan fingerprint density at radius 3 is 3.00 bits per heavy atom. The van der Waals surface area contributed by atoms with Crippen molar-refractivity contribution in [1.82, 2.24) is 14.9 Å². The second-order valence-corrected chi connectivity index (χ2v) is 6.60. The molecule has 0 atom stereocenters. The molecule has 0 bridgehead atoms. The maximum atomic E-state index is 12.4. The predicted molar refractivity (Wildman–Crippen MR) is 102 cm³/mol. The summed E-state index contributed by atoms with van der Waals surface area (Å²) in [6, 6.07) is 14.5. The van der Waals surface area contributed by atoms with Gasteiger partial charge < -0.3 is 14.6 Å². The van der Waals surface area contributed by atoms with Crippen LogP contribution >= 0.6 is 11.3 Å². The van der Waals surface area contributed by atoms with Crippen LogP contribution in [0.4, 0.5) is 5.69 Å². The quantitative estimate of drug-likeness (QED) is 0.525. The van der Waals surface area contributed by atoms with Crippen LogP contribution in [0, 0.1) is 0 Å². The van der Waals surface area contributed by atoms with Gasteiger partial charge in [-0.15, -0.1) is 11.3 Å². The lowest BCUT2D eigenvalue weighted by atomic mass is 10.2. The zero-order valence-corrected chi connectivity index (χ0v) is 15.1. The van der Waals surface area contributed by atoms with E-state index >= 15 is 0 Å². The first-order valence-corrected chi connectivity index (χ1v) is 9.18. The van der Waals surface area contributed by atoms with Gasteiger partial charge in [-0.05, 0) is 29.6 Å². The van der Waals surface area contributed by atoms with Gasteiger partial charge in [-0.3, -0.25) is 9.48 Å². The molecular weight excluding hydrogens is 364 g/mol. The van der Waals surface area contributed by atoms with Gasteiger partial charge in [0.1, 0.15) is 12.4 Å². The van der Waals surface area contributed by atoms with Gasteiger partial charge >= 0.3 is 0 Å². The maximum absolute atomic E-state index is 12.4. The van der Waals surface area contributed by atoms with Gasteiger partial charge in [0.15, 0.2) is 11.5 Å². The molecule has 0 saturated heterocycles. The van der Waals surface area contributed by atoms with Crippen molar-refractivity contribution in [2.24, 2.45) is 0 Å². The van der Waals surface area contributed by atoms with Gasteiger partial charge in [-0.1, -0.05) is 17.3 Å². The fourth-order valence-electron chi connectivity index (χ4n) is 2.47. The van der Waals surface area contributed by atoms with E-state index in [1.807, 2.05) is 41.9 Å². The molecule has 27 heavy (non-hydrogen) atoms. The molecule has 0 aliphatic heterocycles. The second-order valence-electron chi connectivity index (χ2n) is 5.65. The number of carbonyl (C=O) groups excluding carboxylic acids is 1. The molecule has 1 aromatic carbocycles.